The molecule has 1 aromatic carbocycles. The van der Waals surface area contributed by atoms with E-state index < -0.39 is 11.8 Å². The first-order valence-electron chi connectivity index (χ1n) is 10.1. The number of carbonyl (C=O) groups excluding carboxylic acids is 2. The van der Waals surface area contributed by atoms with Gasteiger partial charge in [0, 0.05) is 5.56 Å². The summed E-state index contributed by atoms with van der Waals surface area (Å²) in [4.78, 5) is 23.4. The number of Topliss-reactive ketones (excluding diaryl/α,β-unsaturated/α-hetero) is 1. The summed E-state index contributed by atoms with van der Waals surface area (Å²) in [5.41, 5.74) is 0.312. The van der Waals surface area contributed by atoms with E-state index in [1.54, 1.807) is 30.3 Å². The van der Waals surface area contributed by atoms with Gasteiger partial charge in [0.05, 0.1) is 52.4 Å². The van der Waals surface area contributed by atoms with Gasteiger partial charge < -0.3 is 29.0 Å². The van der Waals surface area contributed by atoms with Gasteiger partial charge in [0.15, 0.2) is 0 Å². The van der Waals surface area contributed by atoms with E-state index in [4.69, 9.17) is 23.7 Å². The van der Waals surface area contributed by atoms with Gasteiger partial charge in [-0.3, -0.25) is 4.79 Å². The van der Waals surface area contributed by atoms with Gasteiger partial charge in [-0.15, -0.1) is 0 Å². The Balaban J connectivity index is 1.33. The summed E-state index contributed by atoms with van der Waals surface area (Å²) >= 11 is 0. The third-order valence-electron chi connectivity index (χ3n) is 4.29. The molecule has 0 saturated carbocycles. The first-order valence-corrected chi connectivity index (χ1v) is 10.1. The quantitative estimate of drug-likeness (QED) is 0.200. The smallest absolute Gasteiger partial charge is 0.379 e. The number of piperidine rings is 1. The second-order valence-corrected chi connectivity index (χ2v) is 6.49. The molecule has 8 nitrogen and oxygen atoms in total. The predicted octanol–water partition coefficient (Wildman–Crippen LogP) is 1.23. The molecule has 0 bridgehead atoms. The average Bonchev–Trinajstić information content (AvgIpc) is 2.77. The topological polar surface area (TPSA) is 92.3 Å². The fraction of sp³-hybridized carbons (Fsp3) is 0.619. The SMILES string of the molecule is O=C(OCCOCCOCCOCCOC1CCNCC1)C(=O)c1ccccc1. The minimum atomic E-state index is -0.877. The lowest BCUT2D eigenvalue weighted by Gasteiger charge is -2.22. The molecular formula is C21H31NO7. The van der Waals surface area contributed by atoms with Gasteiger partial charge >= 0.3 is 5.97 Å². The normalized spacial score (nSPS) is 14.6. The number of carbonyl (C=O) groups is 2. The largest absolute Gasteiger partial charge is 0.457 e. The molecule has 29 heavy (non-hydrogen) atoms. The molecule has 1 saturated heterocycles. The van der Waals surface area contributed by atoms with Crippen molar-refractivity contribution in [1.82, 2.24) is 5.32 Å². The second kappa shape index (κ2) is 15.1. The van der Waals surface area contributed by atoms with E-state index in [0.29, 0.717) is 51.3 Å². The van der Waals surface area contributed by atoms with E-state index in [2.05, 4.69) is 5.32 Å². The second-order valence-electron chi connectivity index (χ2n) is 6.49. The number of ether oxygens (including phenoxy) is 5. The number of nitrogens with one attached hydrogen (secondary N) is 1. The van der Waals surface area contributed by atoms with Crippen LogP contribution in [0.1, 0.15) is 23.2 Å². The Morgan fingerprint density at radius 1 is 0.793 bits per heavy atom. The summed E-state index contributed by atoms with van der Waals surface area (Å²) in [6.45, 7) is 5.25. The molecule has 0 unspecified atom stereocenters. The van der Waals surface area contributed by atoms with Crippen molar-refractivity contribution in [2.24, 2.45) is 0 Å². The lowest BCUT2D eigenvalue weighted by atomic mass is 10.1. The molecule has 1 aliphatic heterocycles. The van der Waals surface area contributed by atoms with Crippen LogP contribution in [0.5, 0.6) is 0 Å². The maximum Gasteiger partial charge on any atom is 0.379 e. The Morgan fingerprint density at radius 3 is 1.97 bits per heavy atom. The molecule has 0 aromatic heterocycles. The van der Waals surface area contributed by atoms with E-state index >= 15 is 0 Å². The van der Waals surface area contributed by atoms with Crippen molar-refractivity contribution in [2.75, 3.05) is 65.9 Å². The highest BCUT2D eigenvalue weighted by molar-refractivity contribution is 6.40. The van der Waals surface area contributed by atoms with Crippen molar-refractivity contribution in [3.8, 4) is 0 Å². The van der Waals surface area contributed by atoms with E-state index in [9.17, 15) is 9.59 Å². The van der Waals surface area contributed by atoms with Crippen LogP contribution < -0.4 is 5.32 Å². The number of hydrogen-bond donors (Lipinski definition) is 1. The van der Waals surface area contributed by atoms with E-state index in [1.165, 1.54) is 0 Å². The third-order valence-corrected chi connectivity index (χ3v) is 4.29. The third kappa shape index (κ3) is 10.5. The van der Waals surface area contributed by atoms with E-state index in [-0.39, 0.29) is 13.2 Å². The Hall–Kier alpha value is -1.84. The summed E-state index contributed by atoms with van der Waals surface area (Å²) in [6, 6.07) is 8.30. The zero-order valence-corrected chi connectivity index (χ0v) is 16.8. The van der Waals surface area contributed by atoms with Gasteiger partial charge in [-0.05, 0) is 25.9 Å². The van der Waals surface area contributed by atoms with Crippen molar-refractivity contribution >= 4 is 11.8 Å². The van der Waals surface area contributed by atoms with Gasteiger partial charge in [0.25, 0.3) is 5.78 Å². The van der Waals surface area contributed by atoms with Crippen LogP contribution in [0.25, 0.3) is 0 Å². The number of hydrogen-bond acceptors (Lipinski definition) is 8. The summed E-state index contributed by atoms with van der Waals surface area (Å²) in [6.07, 6.45) is 2.47. The maximum absolute atomic E-state index is 11.8. The summed E-state index contributed by atoms with van der Waals surface area (Å²) in [5, 5.41) is 3.30. The summed E-state index contributed by atoms with van der Waals surface area (Å²) in [5.74, 6) is -1.53. The monoisotopic (exact) mass is 409 g/mol. The highest BCUT2D eigenvalue weighted by Gasteiger charge is 2.17. The molecule has 0 amide bonds. The van der Waals surface area contributed by atoms with Crippen LogP contribution >= 0.6 is 0 Å². The van der Waals surface area contributed by atoms with E-state index in [1.807, 2.05) is 0 Å². The summed E-state index contributed by atoms with van der Waals surface area (Å²) < 4.78 is 26.8. The van der Waals surface area contributed by atoms with Gasteiger partial charge in [-0.25, -0.2) is 4.79 Å². The number of esters is 1. The molecule has 8 heteroatoms. The lowest BCUT2D eigenvalue weighted by molar-refractivity contribution is -0.139. The first kappa shape index (κ1) is 23.4. The molecule has 0 aliphatic carbocycles. The highest BCUT2D eigenvalue weighted by atomic mass is 16.6. The van der Waals surface area contributed by atoms with Gasteiger partial charge in [0.2, 0.25) is 0 Å². The van der Waals surface area contributed by atoms with Crippen LogP contribution in [0.3, 0.4) is 0 Å². The Morgan fingerprint density at radius 2 is 1.34 bits per heavy atom. The van der Waals surface area contributed by atoms with Gasteiger partial charge in [-0.2, -0.15) is 0 Å². The van der Waals surface area contributed by atoms with Gasteiger partial charge in [0.1, 0.15) is 6.61 Å². The van der Waals surface area contributed by atoms with Crippen LogP contribution in [0.4, 0.5) is 0 Å². The van der Waals surface area contributed by atoms with Crippen molar-refractivity contribution in [3.05, 3.63) is 35.9 Å². The minimum absolute atomic E-state index is 0.0254. The predicted molar refractivity (Wildman–Crippen MR) is 106 cm³/mol. The molecule has 0 atom stereocenters. The van der Waals surface area contributed by atoms with Crippen LogP contribution in [0.2, 0.25) is 0 Å². The average molecular weight is 409 g/mol. The van der Waals surface area contributed by atoms with Crippen LogP contribution in [0, 0.1) is 0 Å². The molecule has 1 aromatic rings. The van der Waals surface area contributed by atoms with Crippen LogP contribution in [0.15, 0.2) is 30.3 Å². The molecule has 0 spiro atoms. The minimum Gasteiger partial charge on any atom is -0.457 e. The highest BCUT2D eigenvalue weighted by Crippen LogP contribution is 2.06. The molecule has 1 aliphatic rings. The Kier molecular flexibility index (Phi) is 12.2. The fourth-order valence-corrected chi connectivity index (χ4v) is 2.74. The van der Waals surface area contributed by atoms with Crippen molar-refractivity contribution in [1.29, 1.82) is 0 Å². The van der Waals surface area contributed by atoms with Crippen molar-refractivity contribution < 1.29 is 33.3 Å². The maximum atomic E-state index is 11.8. The standard InChI is InChI=1S/C21H31NO7/c23-20(18-4-2-1-3-5-18)21(24)29-17-15-27-13-11-25-10-12-26-14-16-28-19-6-8-22-9-7-19/h1-5,19,22H,6-17H2. The molecule has 0 radical (unpaired) electrons. The van der Waals surface area contributed by atoms with Crippen LogP contribution in [-0.4, -0.2) is 83.8 Å². The molecule has 1 heterocycles. The molecule has 2 rings (SSSR count). The number of rotatable bonds is 15. The van der Waals surface area contributed by atoms with Crippen molar-refractivity contribution in [3.63, 3.8) is 0 Å². The Bertz CT molecular complexity index is 576. The fourth-order valence-electron chi connectivity index (χ4n) is 2.74. The lowest BCUT2D eigenvalue weighted by Crippen LogP contribution is -2.33. The number of ketones is 1. The van der Waals surface area contributed by atoms with Gasteiger partial charge in [-0.1, -0.05) is 30.3 Å². The Labute approximate surface area is 171 Å². The van der Waals surface area contributed by atoms with E-state index in [0.717, 1.165) is 25.9 Å². The first-order chi connectivity index (χ1) is 14.3. The molecule has 1 N–H and O–H groups in total. The molecule has 1 fully saturated rings. The van der Waals surface area contributed by atoms with Crippen LogP contribution in [-0.2, 0) is 28.5 Å². The zero-order chi connectivity index (χ0) is 20.6. The molecular weight excluding hydrogens is 378 g/mol. The zero-order valence-electron chi connectivity index (χ0n) is 16.8. The van der Waals surface area contributed by atoms with Crippen molar-refractivity contribution in [2.45, 2.75) is 18.9 Å². The molecule has 162 valence electrons. The number of benzene rings is 1. The summed E-state index contributed by atoms with van der Waals surface area (Å²) in [7, 11) is 0.